The Kier molecular flexibility index (Phi) is 15.5. The molecule has 0 fully saturated rings. The molecular weight excluding hydrogens is 548 g/mol. The fraction of sp³-hybridized carbons (Fsp3) is 0.452. The molecule has 1 heterocycles. The number of hydrogen-bond acceptors (Lipinski definition) is 10. The highest BCUT2D eigenvalue weighted by molar-refractivity contribution is 5.67. The molecule has 0 unspecified atom stereocenters. The van der Waals surface area contributed by atoms with Crippen LogP contribution in [0.25, 0.3) is 0 Å². The lowest BCUT2D eigenvalue weighted by molar-refractivity contribution is 0.138. The average Bonchev–Trinajstić information content (AvgIpc) is 3.02. The van der Waals surface area contributed by atoms with Gasteiger partial charge in [0.25, 0.3) is 0 Å². The summed E-state index contributed by atoms with van der Waals surface area (Å²) in [7, 11) is 0. The molecule has 0 spiro atoms. The van der Waals surface area contributed by atoms with Crippen molar-refractivity contribution in [3.63, 3.8) is 0 Å². The van der Waals surface area contributed by atoms with Gasteiger partial charge in [0.05, 0.1) is 0 Å². The van der Waals surface area contributed by atoms with Crippen molar-refractivity contribution in [2.24, 2.45) is 0 Å². The van der Waals surface area contributed by atoms with Gasteiger partial charge in [-0.15, -0.1) is 0 Å². The smallest absolute Gasteiger partial charge is 0.407 e. The van der Waals surface area contributed by atoms with Gasteiger partial charge in [0.15, 0.2) is 0 Å². The van der Waals surface area contributed by atoms with Gasteiger partial charge in [-0.25, -0.2) is 9.59 Å². The summed E-state index contributed by atoms with van der Waals surface area (Å²) < 4.78 is 10.4. The number of nitrogens with one attached hydrogen (secondary N) is 4. The Morgan fingerprint density at radius 2 is 0.953 bits per heavy atom. The maximum atomic E-state index is 11.8. The molecule has 2 amide bonds. The lowest BCUT2D eigenvalue weighted by Crippen LogP contribution is -2.25. The first-order valence-corrected chi connectivity index (χ1v) is 15.0. The summed E-state index contributed by atoms with van der Waals surface area (Å²) in [5.41, 5.74) is 7.78. The van der Waals surface area contributed by atoms with Crippen molar-refractivity contribution in [2.45, 2.75) is 64.6 Å². The van der Waals surface area contributed by atoms with Crippen molar-refractivity contribution >= 4 is 30.0 Å². The molecule has 2 aromatic carbocycles. The first-order valence-electron chi connectivity index (χ1n) is 15.0. The highest BCUT2D eigenvalue weighted by Gasteiger charge is 2.05. The van der Waals surface area contributed by atoms with Crippen LogP contribution in [0.15, 0.2) is 60.7 Å². The first kappa shape index (κ1) is 32.9. The van der Waals surface area contributed by atoms with E-state index in [-0.39, 0.29) is 19.2 Å². The third-order valence-electron chi connectivity index (χ3n) is 6.39. The summed E-state index contributed by atoms with van der Waals surface area (Å²) in [5.74, 6) is 1.06. The van der Waals surface area contributed by atoms with E-state index in [1.807, 2.05) is 60.7 Å². The van der Waals surface area contributed by atoms with Gasteiger partial charge in [0.1, 0.15) is 13.2 Å². The molecule has 0 aliphatic carbocycles. The minimum absolute atomic E-state index is 0.162. The molecular formula is C31H44N8O4. The quantitative estimate of drug-likeness (QED) is 0.109. The Labute approximate surface area is 253 Å². The van der Waals surface area contributed by atoms with Crippen LogP contribution >= 0.6 is 0 Å². The standard InChI is InChI=1S/C31H44N8O4/c32-27-37-28(33-19-11-1-3-13-21-35-30(40)42-23-25-15-7-5-8-16-25)39-29(38-27)34-20-12-2-4-14-22-36-31(41)43-24-26-17-9-6-10-18-26/h5-10,15-18H,1-4,11-14,19-24H2,(H,35,40)(H,36,41)(H4,32,33,34,37,38,39). The minimum atomic E-state index is -0.395. The molecule has 0 saturated carbocycles. The molecule has 43 heavy (non-hydrogen) atoms. The van der Waals surface area contributed by atoms with Gasteiger partial charge in [-0.2, -0.15) is 15.0 Å². The second-order valence-electron chi connectivity index (χ2n) is 10.00. The van der Waals surface area contributed by atoms with Crippen molar-refractivity contribution < 1.29 is 19.1 Å². The maximum absolute atomic E-state index is 11.8. The Morgan fingerprint density at radius 3 is 1.37 bits per heavy atom. The van der Waals surface area contributed by atoms with Crippen LogP contribution in [0, 0.1) is 0 Å². The van der Waals surface area contributed by atoms with Gasteiger partial charge in [-0.05, 0) is 36.8 Å². The first-order chi connectivity index (χ1) is 21.1. The molecule has 12 nitrogen and oxygen atoms in total. The van der Waals surface area contributed by atoms with E-state index in [4.69, 9.17) is 15.2 Å². The molecule has 3 rings (SSSR count). The van der Waals surface area contributed by atoms with Gasteiger partial charge in [0.2, 0.25) is 17.8 Å². The van der Waals surface area contributed by atoms with Crippen molar-refractivity contribution in [3.05, 3.63) is 71.8 Å². The summed E-state index contributed by atoms with van der Waals surface area (Å²) in [4.78, 5) is 36.3. The normalized spacial score (nSPS) is 10.5. The summed E-state index contributed by atoms with van der Waals surface area (Å²) in [6.45, 7) is 3.13. The molecule has 0 bridgehead atoms. The monoisotopic (exact) mass is 592 g/mol. The van der Waals surface area contributed by atoms with Gasteiger partial charge in [-0.1, -0.05) is 86.3 Å². The molecule has 0 aliphatic rings. The number of alkyl carbamates (subject to hydrolysis) is 2. The van der Waals surface area contributed by atoms with Crippen molar-refractivity contribution in [2.75, 3.05) is 42.5 Å². The zero-order valence-corrected chi connectivity index (χ0v) is 24.7. The zero-order chi connectivity index (χ0) is 30.4. The highest BCUT2D eigenvalue weighted by atomic mass is 16.6. The molecule has 0 aliphatic heterocycles. The van der Waals surface area contributed by atoms with Crippen molar-refractivity contribution in [1.29, 1.82) is 0 Å². The van der Waals surface area contributed by atoms with E-state index in [1.165, 1.54) is 0 Å². The molecule has 1 aromatic heterocycles. The second kappa shape index (κ2) is 20.3. The van der Waals surface area contributed by atoms with E-state index in [2.05, 4.69) is 36.2 Å². The molecule has 12 heteroatoms. The largest absolute Gasteiger partial charge is 0.445 e. The number of carbonyl (C=O) groups excluding carboxylic acids is 2. The predicted octanol–water partition coefficient (Wildman–Crippen LogP) is 5.25. The van der Waals surface area contributed by atoms with Crippen LogP contribution in [-0.2, 0) is 22.7 Å². The van der Waals surface area contributed by atoms with Crippen LogP contribution in [0.1, 0.15) is 62.5 Å². The number of benzene rings is 2. The van der Waals surface area contributed by atoms with Crippen LogP contribution in [0.4, 0.5) is 27.4 Å². The number of unbranched alkanes of at least 4 members (excludes halogenated alkanes) is 6. The fourth-order valence-corrected chi connectivity index (χ4v) is 4.09. The number of nitrogens with two attached hydrogens (primary N) is 1. The van der Waals surface area contributed by atoms with Gasteiger partial charge < -0.3 is 36.5 Å². The third-order valence-corrected chi connectivity index (χ3v) is 6.39. The van der Waals surface area contributed by atoms with E-state index < -0.39 is 12.2 Å². The number of nitrogen functional groups attached to an aromatic ring is 1. The number of ether oxygens (including phenoxy) is 2. The second-order valence-corrected chi connectivity index (χ2v) is 10.00. The summed E-state index contributed by atoms with van der Waals surface area (Å²) in [6, 6.07) is 19.2. The molecule has 0 saturated heterocycles. The Balaban J connectivity index is 1.15. The van der Waals surface area contributed by atoms with E-state index in [9.17, 15) is 9.59 Å². The Hall–Kier alpha value is -4.61. The molecule has 3 aromatic rings. The van der Waals surface area contributed by atoms with Crippen molar-refractivity contribution in [3.8, 4) is 0 Å². The predicted molar refractivity (Wildman–Crippen MR) is 167 cm³/mol. The summed E-state index contributed by atoms with van der Waals surface area (Å²) >= 11 is 0. The number of rotatable bonds is 20. The number of amides is 2. The number of aromatic nitrogens is 3. The Bertz CT molecular complexity index is 1110. The lowest BCUT2D eigenvalue weighted by atomic mass is 10.2. The Morgan fingerprint density at radius 1 is 0.558 bits per heavy atom. The van der Waals surface area contributed by atoms with Gasteiger partial charge in [0, 0.05) is 26.2 Å². The minimum Gasteiger partial charge on any atom is -0.445 e. The van der Waals surface area contributed by atoms with Crippen LogP contribution in [0.2, 0.25) is 0 Å². The van der Waals surface area contributed by atoms with Crippen LogP contribution in [0.5, 0.6) is 0 Å². The van der Waals surface area contributed by atoms with Gasteiger partial charge in [-0.3, -0.25) is 0 Å². The maximum Gasteiger partial charge on any atom is 0.407 e. The SMILES string of the molecule is Nc1nc(NCCCCCCNC(=O)OCc2ccccc2)nc(NCCCCCCNC(=O)OCc2ccccc2)n1. The van der Waals surface area contributed by atoms with E-state index >= 15 is 0 Å². The van der Waals surface area contributed by atoms with Crippen LogP contribution in [-0.4, -0.2) is 53.3 Å². The van der Waals surface area contributed by atoms with E-state index in [0.717, 1.165) is 62.5 Å². The van der Waals surface area contributed by atoms with Crippen LogP contribution in [0.3, 0.4) is 0 Å². The zero-order valence-electron chi connectivity index (χ0n) is 24.7. The lowest BCUT2D eigenvalue weighted by Gasteiger charge is -2.09. The fourth-order valence-electron chi connectivity index (χ4n) is 4.09. The van der Waals surface area contributed by atoms with Gasteiger partial charge >= 0.3 is 12.2 Å². The number of hydrogen-bond donors (Lipinski definition) is 5. The summed E-state index contributed by atoms with van der Waals surface area (Å²) in [6.07, 6.45) is 6.83. The molecule has 232 valence electrons. The van der Waals surface area contributed by atoms with E-state index in [0.29, 0.717) is 38.1 Å². The molecule has 0 atom stereocenters. The number of anilines is 3. The van der Waals surface area contributed by atoms with Crippen molar-refractivity contribution in [1.82, 2.24) is 25.6 Å². The number of carbonyl (C=O) groups is 2. The third kappa shape index (κ3) is 15.3. The summed E-state index contributed by atoms with van der Waals surface area (Å²) in [5, 5.41) is 12.0. The van der Waals surface area contributed by atoms with E-state index in [1.54, 1.807) is 0 Å². The topological polar surface area (TPSA) is 165 Å². The number of nitrogens with zero attached hydrogens (tertiary/aromatic N) is 3. The average molecular weight is 593 g/mol. The molecule has 6 N–H and O–H groups in total. The highest BCUT2D eigenvalue weighted by Crippen LogP contribution is 2.09. The molecule has 0 radical (unpaired) electrons. The van der Waals surface area contributed by atoms with Crippen LogP contribution < -0.4 is 27.0 Å².